The number of amides is 2. The van der Waals surface area contributed by atoms with Crippen molar-refractivity contribution in [2.45, 2.75) is 6.42 Å². The van der Waals surface area contributed by atoms with E-state index in [1.165, 1.54) is 16.7 Å². The number of carbonyl (C=O) groups is 2. The Hall–Kier alpha value is -2.42. The number of aromatic nitrogens is 1. The molecule has 28 heavy (non-hydrogen) atoms. The molecule has 1 aliphatic heterocycles. The minimum Gasteiger partial charge on any atom is -0.361 e. The number of thiocarbonyl (C=S) groups is 1. The van der Waals surface area contributed by atoms with Crippen LogP contribution in [0, 0.1) is 0 Å². The Balaban J connectivity index is 1.32. The summed E-state index contributed by atoms with van der Waals surface area (Å²) < 4.78 is 0.416. The lowest BCUT2D eigenvalue weighted by molar-refractivity contribution is -0.128. The van der Waals surface area contributed by atoms with Gasteiger partial charge in [-0.2, -0.15) is 0 Å². The van der Waals surface area contributed by atoms with Crippen LogP contribution in [0.3, 0.4) is 0 Å². The maximum atomic E-state index is 12.6. The molecule has 2 amide bonds. The van der Waals surface area contributed by atoms with Crippen LogP contribution in [0.25, 0.3) is 17.0 Å². The molecule has 0 radical (unpaired) electrons. The van der Waals surface area contributed by atoms with Gasteiger partial charge >= 0.3 is 0 Å². The Labute approximate surface area is 175 Å². The second-order valence-electron chi connectivity index (χ2n) is 6.24. The maximum absolute atomic E-state index is 12.6. The molecule has 2 N–H and O–H groups in total. The number of thiophene rings is 1. The largest absolute Gasteiger partial charge is 0.361 e. The first-order valence-corrected chi connectivity index (χ1v) is 10.8. The van der Waals surface area contributed by atoms with Crippen molar-refractivity contribution in [2.24, 2.45) is 0 Å². The maximum Gasteiger partial charge on any atom is 0.266 e. The van der Waals surface area contributed by atoms with Crippen molar-refractivity contribution >= 4 is 68.4 Å². The van der Waals surface area contributed by atoms with Gasteiger partial charge in [-0.3, -0.25) is 14.5 Å². The van der Waals surface area contributed by atoms with Gasteiger partial charge in [0.05, 0.1) is 4.91 Å². The van der Waals surface area contributed by atoms with Crippen molar-refractivity contribution in [3.63, 3.8) is 0 Å². The first-order valence-electron chi connectivity index (χ1n) is 8.72. The SMILES string of the molecule is O=C(CN1C(=O)C(=Cc2cccs2)SC1=S)NCCc1c[nH]c2ccccc12. The molecule has 2 aromatic heterocycles. The Bertz CT molecular complexity index is 1070. The van der Waals surface area contributed by atoms with Crippen LogP contribution < -0.4 is 5.32 Å². The molecule has 0 unspecified atom stereocenters. The minimum atomic E-state index is -0.214. The summed E-state index contributed by atoms with van der Waals surface area (Å²) in [4.78, 5) is 31.0. The molecular weight excluding hydrogens is 410 g/mol. The molecule has 1 saturated heterocycles. The number of nitrogens with one attached hydrogen (secondary N) is 2. The Morgan fingerprint density at radius 1 is 1.25 bits per heavy atom. The molecule has 0 saturated carbocycles. The highest BCUT2D eigenvalue weighted by Gasteiger charge is 2.33. The van der Waals surface area contributed by atoms with E-state index in [9.17, 15) is 9.59 Å². The quantitative estimate of drug-likeness (QED) is 0.464. The third-order valence-corrected chi connectivity index (χ3v) is 6.58. The monoisotopic (exact) mass is 427 g/mol. The molecular formula is C20H17N3O2S3. The molecule has 3 aromatic rings. The zero-order valence-electron chi connectivity index (χ0n) is 14.8. The third-order valence-electron chi connectivity index (χ3n) is 4.38. The van der Waals surface area contributed by atoms with Gasteiger partial charge in [0, 0.05) is 28.5 Å². The van der Waals surface area contributed by atoms with Crippen LogP contribution in [-0.2, 0) is 16.0 Å². The number of hydrogen-bond acceptors (Lipinski definition) is 5. The Morgan fingerprint density at radius 3 is 2.93 bits per heavy atom. The summed E-state index contributed by atoms with van der Waals surface area (Å²) >= 11 is 8.08. The van der Waals surface area contributed by atoms with Gasteiger partial charge in [-0.1, -0.05) is 48.2 Å². The summed E-state index contributed by atoms with van der Waals surface area (Å²) in [6, 6.07) is 11.9. The zero-order chi connectivity index (χ0) is 19.5. The molecule has 0 aliphatic carbocycles. The van der Waals surface area contributed by atoms with E-state index in [0.717, 1.165) is 21.3 Å². The van der Waals surface area contributed by atoms with Crippen molar-refractivity contribution in [3.8, 4) is 0 Å². The van der Waals surface area contributed by atoms with Crippen LogP contribution in [0.1, 0.15) is 10.4 Å². The van der Waals surface area contributed by atoms with Crippen LogP contribution in [0.4, 0.5) is 0 Å². The number of fused-ring (bicyclic) bond motifs is 1. The van der Waals surface area contributed by atoms with E-state index in [-0.39, 0.29) is 18.4 Å². The van der Waals surface area contributed by atoms with Crippen molar-refractivity contribution < 1.29 is 9.59 Å². The van der Waals surface area contributed by atoms with E-state index in [0.29, 0.717) is 22.2 Å². The van der Waals surface area contributed by atoms with E-state index < -0.39 is 0 Å². The van der Waals surface area contributed by atoms with E-state index in [2.05, 4.69) is 16.4 Å². The molecule has 1 fully saturated rings. The Morgan fingerprint density at radius 2 is 2.11 bits per heavy atom. The number of aromatic amines is 1. The molecule has 8 heteroatoms. The van der Waals surface area contributed by atoms with Crippen molar-refractivity contribution in [2.75, 3.05) is 13.1 Å². The first-order chi connectivity index (χ1) is 13.6. The normalized spacial score (nSPS) is 15.7. The highest BCUT2D eigenvalue weighted by atomic mass is 32.2. The standard InChI is InChI=1S/C20H17N3O2S3/c24-18(21-8-7-13-11-22-16-6-2-1-5-15(13)16)12-23-19(25)17(28-20(23)26)10-14-4-3-9-27-14/h1-6,9-11,22H,7-8,12H2,(H,21,24). The van der Waals surface area contributed by atoms with Crippen LogP contribution in [0.5, 0.6) is 0 Å². The topological polar surface area (TPSA) is 65.2 Å². The van der Waals surface area contributed by atoms with Gasteiger partial charge in [-0.15, -0.1) is 11.3 Å². The predicted octanol–water partition coefficient (Wildman–Crippen LogP) is 3.79. The molecule has 0 atom stereocenters. The van der Waals surface area contributed by atoms with Crippen molar-refractivity contribution in [1.82, 2.24) is 15.2 Å². The highest BCUT2D eigenvalue weighted by Crippen LogP contribution is 2.33. The molecule has 4 rings (SSSR count). The first kappa shape index (κ1) is 18.9. The highest BCUT2D eigenvalue weighted by molar-refractivity contribution is 8.26. The molecule has 3 heterocycles. The number of hydrogen-bond donors (Lipinski definition) is 2. The van der Waals surface area contributed by atoms with Crippen LogP contribution in [0.15, 0.2) is 52.9 Å². The number of nitrogens with zero attached hydrogens (tertiary/aromatic N) is 1. The lowest BCUT2D eigenvalue weighted by Gasteiger charge is -2.14. The summed E-state index contributed by atoms with van der Waals surface area (Å²) in [6.45, 7) is 0.445. The van der Waals surface area contributed by atoms with Gasteiger partial charge in [-0.05, 0) is 35.6 Å². The van der Waals surface area contributed by atoms with Crippen LogP contribution in [-0.4, -0.2) is 39.1 Å². The number of para-hydroxylation sites is 1. The van der Waals surface area contributed by atoms with Gasteiger partial charge in [0.15, 0.2) is 0 Å². The summed E-state index contributed by atoms with van der Waals surface area (Å²) in [5.74, 6) is -0.427. The fourth-order valence-corrected chi connectivity index (χ4v) is 4.99. The number of benzene rings is 1. The molecule has 5 nitrogen and oxygen atoms in total. The van der Waals surface area contributed by atoms with E-state index in [4.69, 9.17) is 12.2 Å². The summed E-state index contributed by atoms with van der Waals surface area (Å²) in [5, 5.41) is 5.99. The molecule has 1 aromatic carbocycles. The number of thioether (sulfide) groups is 1. The Kier molecular flexibility index (Phi) is 5.61. The number of carbonyl (C=O) groups excluding carboxylic acids is 2. The van der Waals surface area contributed by atoms with Gasteiger partial charge in [0.25, 0.3) is 5.91 Å². The van der Waals surface area contributed by atoms with E-state index in [1.54, 1.807) is 11.3 Å². The molecule has 0 spiro atoms. The second kappa shape index (κ2) is 8.30. The summed E-state index contributed by atoms with van der Waals surface area (Å²) in [7, 11) is 0. The second-order valence-corrected chi connectivity index (χ2v) is 8.90. The number of H-pyrrole nitrogens is 1. The summed E-state index contributed by atoms with van der Waals surface area (Å²) in [6.07, 6.45) is 4.50. The van der Waals surface area contributed by atoms with Gasteiger partial charge < -0.3 is 10.3 Å². The fourth-order valence-electron chi connectivity index (χ4n) is 3.01. The molecule has 0 bridgehead atoms. The third kappa shape index (κ3) is 4.04. The molecule has 1 aliphatic rings. The van der Waals surface area contributed by atoms with Gasteiger partial charge in [0.2, 0.25) is 5.91 Å². The zero-order valence-corrected chi connectivity index (χ0v) is 17.3. The van der Waals surface area contributed by atoms with Crippen molar-refractivity contribution in [1.29, 1.82) is 0 Å². The number of rotatable bonds is 6. The predicted molar refractivity (Wildman–Crippen MR) is 119 cm³/mol. The van der Waals surface area contributed by atoms with Gasteiger partial charge in [-0.25, -0.2) is 0 Å². The molecule has 142 valence electrons. The lowest BCUT2D eigenvalue weighted by atomic mass is 10.1. The van der Waals surface area contributed by atoms with E-state index >= 15 is 0 Å². The van der Waals surface area contributed by atoms with Crippen molar-refractivity contribution in [3.05, 3.63) is 63.3 Å². The minimum absolute atomic E-state index is 0.0552. The fraction of sp³-hybridized carbons (Fsp3) is 0.150. The smallest absolute Gasteiger partial charge is 0.266 e. The van der Waals surface area contributed by atoms with Crippen LogP contribution in [0.2, 0.25) is 0 Å². The lowest BCUT2D eigenvalue weighted by Crippen LogP contribution is -2.40. The van der Waals surface area contributed by atoms with E-state index in [1.807, 2.05) is 48.0 Å². The average Bonchev–Trinajstić information content (AvgIpc) is 3.40. The average molecular weight is 428 g/mol. The summed E-state index contributed by atoms with van der Waals surface area (Å²) in [5.41, 5.74) is 2.24. The van der Waals surface area contributed by atoms with Crippen LogP contribution >= 0.6 is 35.3 Å². The van der Waals surface area contributed by atoms with Gasteiger partial charge in [0.1, 0.15) is 10.9 Å².